The Bertz CT molecular complexity index is 371. The van der Waals surface area contributed by atoms with E-state index < -0.39 is 0 Å². The predicted molar refractivity (Wildman–Crippen MR) is 70.4 cm³/mol. The predicted octanol–water partition coefficient (Wildman–Crippen LogP) is 2.93. The van der Waals surface area contributed by atoms with E-state index in [1.165, 1.54) is 5.69 Å². The van der Waals surface area contributed by atoms with Crippen molar-refractivity contribution in [2.24, 2.45) is 5.41 Å². The number of nitriles is 1. The van der Waals surface area contributed by atoms with Crippen LogP contribution in [0.5, 0.6) is 0 Å². The summed E-state index contributed by atoms with van der Waals surface area (Å²) in [5.74, 6) is 0. The van der Waals surface area contributed by atoms with Crippen molar-refractivity contribution >= 4 is 0 Å². The summed E-state index contributed by atoms with van der Waals surface area (Å²) in [6, 6.07) is 6.59. The molecular formula is C14H23N3. The van der Waals surface area contributed by atoms with Crippen LogP contribution in [0.4, 0.5) is 0 Å². The number of aryl methyl sites for hydroxylation is 1. The molecule has 0 aliphatic heterocycles. The van der Waals surface area contributed by atoms with Crippen LogP contribution < -0.4 is 5.32 Å². The first-order chi connectivity index (χ1) is 8.09. The molecule has 0 aliphatic rings. The second-order valence-corrected chi connectivity index (χ2v) is 5.07. The molecule has 1 heterocycles. The topological polar surface area (TPSA) is 40.8 Å². The van der Waals surface area contributed by atoms with E-state index in [0.717, 1.165) is 32.5 Å². The lowest BCUT2D eigenvalue weighted by molar-refractivity contribution is 0.413. The number of nitrogens with zero attached hydrogens (tertiary/aromatic N) is 2. The molecule has 0 radical (unpaired) electrons. The van der Waals surface area contributed by atoms with Gasteiger partial charge in [-0.25, -0.2) is 0 Å². The lowest BCUT2D eigenvalue weighted by atomic mass is 9.90. The van der Waals surface area contributed by atoms with Gasteiger partial charge in [-0.05, 0) is 45.4 Å². The molecule has 3 heteroatoms. The van der Waals surface area contributed by atoms with Crippen LogP contribution in [0.1, 0.15) is 39.3 Å². The third-order valence-electron chi connectivity index (χ3n) is 2.98. The monoisotopic (exact) mass is 233 g/mol. The Morgan fingerprint density at radius 1 is 1.47 bits per heavy atom. The summed E-state index contributed by atoms with van der Waals surface area (Å²) in [7, 11) is 0. The smallest absolute Gasteiger partial charge is 0.0683 e. The van der Waals surface area contributed by atoms with Crippen molar-refractivity contribution in [1.82, 2.24) is 9.88 Å². The maximum Gasteiger partial charge on any atom is 0.0683 e. The molecule has 0 saturated heterocycles. The van der Waals surface area contributed by atoms with Gasteiger partial charge in [0.2, 0.25) is 0 Å². The summed E-state index contributed by atoms with van der Waals surface area (Å²) >= 11 is 0. The molecule has 0 aliphatic carbocycles. The Kier molecular flexibility index (Phi) is 5.24. The zero-order valence-electron chi connectivity index (χ0n) is 11.2. The van der Waals surface area contributed by atoms with Gasteiger partial charge in [0, 0.05) is 25.0 Å². The lowest BCUT2D eigenvalue weighted by Crippen LogP contribution is -2.16. The molecule has 1 aromatic heterocycles. The fraction of sp³-hybridized carbons (Fsp3) is 0.643. The van der Waals surface area contributed by atoms with Gasteiger partial charge < -0.3 is 9.88 Å². The quantitative estimate of drug-likeness (QED) is 0.786. The van der Waals surface area contributed by atoms with Gasteiger partial charge in [0.1, 0.15) is 0 Å². The van der Waals surface area contributed by atoms with E-state index >= 15 is 0 Å². The highest BCUT2D eigenvalue weighted by Crippen LogP contribution is 2.21. The van der Waals surface area contributed by atoms with E-state index in [-0.39, 0.29) is 5.41 Å². The van der Waals surface area contributed by atoms with Crippen molar-refractivity contribution in [2.45, 2.75) is 46.7 Å². The molecule has 0 aromatic carbocycles. The van der Waals surface area contributed by atoms with Crippen molar-refractivity contribution in [3.05, 3.63) is 24.0 Å². The summed E-state index contributed by atoms with van der Waals surface area (Å²) in [6.45, 7) is 9.03. The molecule has 94 valence electrons. The Hall–Kier alpha value is -1.27. The van der Waals surface area contributed by atoms with Crippen molar-refractivity contribution in [1.29, 1.82) is 5.26 Å². The maximum atomic E-state index is 8.96. The summed E-state index contributed by atoms with van der Waals surface area (Å²) in [5, 5.41) is 12.3. The third kappa shape index (κ3) is 4.62. The van der Waals surface area contributed by atoms with Crippen LogP contribution in [0.25, 0.3) is 0 Å². The first-order valence-corrected chi connectivity index (χ1v) is 6.35. The molecule has 0 amide bonds. The molecule has 1 aromatic rings. The second-order valence-electron chi connectivity index (χ2n) is 5.07. The summed E-state index contributed by atoms with van der Waals surface area (Å²) in [6.07, 6.45) is 4.11. The SMILES string of the molecule is CCNCc1cccn1CCCC(C)(C)C#N. The van der Waals surface area contributed by atoms with Gasteiger partial charge in [-0.2, -0.15) is 5.26 Å². The van der Waals surface area contributed by atoms with Crippen LogP contribution in [-0.4, -0.2) is 11.1 Å². The summed E-state index contributed by atoms with van der Waals surface area (Å²) in [5.41, 5.74) is 1.12. The zero-order valence-corrected chi connectivity index (χ0v) is 11.2. The van der Waals surface area contributed by atoms with Gasteiger partial charge in [-0.1, -0.05) is 6.92 Å². The van der Waals surface area contributed by atoms with E-state index in [2.05, 4.69) is 41.2 Å². The third-order valence-corrected chi connectivity index (χ3v) is 2.98. The Balaban J connectivity index is 2.42. The van der Waals surface area contributed by atoms with Gasteiger partial charge in [0.25, 0.3) is 0 Å². The van der Waals surface area contributed by atoms with Crippen LogP contribution in [-0.2, 0) is 13.1 Å². The molecule has 1 rings (SSSR count). The average molecular weight is 233 g/mol. The minimum absolute atomic E-state index is 0.199. The van der Waals surface area contributed by atoms with Crippen LogP contribution in [0.2, 0.25) is 0 Å². The van der Waals surface area contributed by atoms with E-state index in [9.17, 15) is 0 Å². The standard InChI is InChI=1S/C14H23N3/c1-4-16-11-13-7-5-9-17(13)10-6-8-14(2,3)12-15/h5,7,9,16H,4,6,8,10-11H2,1-3H3. The highest BCUT2D eigenvalue weighted by atomic mass is 15.0. The summed E-state index contributed by atoms with van der Waals surface area (Å²) in [4.78, 5) is 0. The largest absolute Gasteiger partial charge is 0.350 e. The molecular weight excluding hydrogens is 210 g/mol. The van der Waals surface area contributed by atoms with E-state index in [1.54, 1.807) is 0 Å². The molecule has 0 spiro atoms. The maximum absolute atomic E-state index is 8.96. The average Bonchev–Trinajstić information content (AvgIpc) is 2.74. The Morgan fingerprint density at radius 2 is 2.24 bits per heavy atom. The van der Waals surface area contributed by atoms with Crippen molar-refractivity contribution < 1.29 is 0 Å². The molecule has 0 unspecified atom stereocenters. The molecule has 17 heavy (non-hydrogen) atoms. The van der Waals surface area contributed by atoms with Gasteiger partial charge >= 0.3 is 0 Å². The number of hydrogen-bond acceptors (Lipinski definition) is 2. The van der Waals surface area contributed by atoms with Gasteiger partial charge in [-0.3, -0.25) is 0 Å². The minimum atomic E-state index is -0.199. The lowest BCUT2D eigenvalue weighted by Gasteiger charge is -2.16. The van der Waals surface area contributed by atoms with Crippen LogP contribution in [0, 0.1) is 16.7 Å². The van der Waals surface area contributed by atoms with Gasteiger partial charge in [0.05, 0.1) is 11.5 Å². The second kappa shape index (κ2) is 6.46. The fourth-order valence-electron chi connectivity index (χ4n) is 1.83. The van der Waals surface area contributed by atoms with Crippen molar-refractivity contribution in [3.8, 4) is 6.07 Å². The number of hydrogen-bond donors (Lipinski definition) is 1. The molecule has 0 bridgehead atoms. The fourth-order valence-corrected chi connectivity index (χ4v) is 1.83. The number of aromatic nitrogens is 1. The molecule has 0 fully saturated rings. The van der Waals surface area contributed by atoms with Crippen LogP contribution in [0.15, 0.2) is 18.3 Å². The van der Waals surface area contributed by atoms with Crippen molar-refractivity contribution in [3.63, 3.8) is 0 Å². The Labute approximate surface area is 104 Å². The molecule has 3 nitrogen and oxygen atoms in total. The van der Waals surface area contributed by atoms with Gasteiger partial charge in [0.15, 0.2) is 0 Å². The highest BCUT2D eigenvalue weighted by molar-refractivity contribution is 5.06. The normalized spacial score (nSPS) is 11.4. The first-order valence-electron chi connectivity index (χ1n) is 6.35. The van der Waals surface area contributed by atoms with E-state index in [4.69, 9.17) is 5.26 Å². The molecule has 0 atom stereocenters. The molecule has 1 N–H and O–H groups in total. The minimum Gasteiger partial charge on any atom is -0.350 e. The van der Waals surface area contributed by atoms with Crippen LogP contribution in [0.3, 0.4) is 0 Å². The zero-order chi connectivity index (χ0) is 12.7. The van der Waals surface area contributed by atoms with Crippen LogP contribution >= 0.6 is 0 Å². The van der Waals surface area contributed by atoms with E-state index in [1.807, 2.05) is 13.8 Å². The number of nitrogens with one attached hydrogen (secondary N) is 1. The number of rotatable bonds is 7. The van der Waals surface area contributed by atoms with E-state index in [0.29, 0.717) is 0 Å². The molecule has 0 saturated carbocycles. The summed E-state index contributed by atoms with van der Waals surface area (Å²) < 4.78 is 2.27. The first kappa shape index (κ1) is 13.8. The van der Waals surface area contributed by atoms with Crippen molar-refractivity contribution in [2.75, 3.05) is 6.54 Å². The highest BCUT2D eigenvalue weighted by Gasteiger charge is 2.15. The Morgan fingerprint density at radius 3 is 2.88 bits per heavy atom. The van der Waals surface area contributed by atoms with Gasteiger partial charge in [-0.15, -0.1) is 0 Å².